The quantitative estimate of drug-likeness (QED) is 0.826. The van der Waals surface area contributed by atoms with Gasteiger partial charge >= 0.3 is 0 Å². The minimum atomic E-state index is -0.0953. The van der Waals surface area contributed by atoms with Crippen LogP contribution in [0.2, 0.25) is 0 Å². The molecule has 0 amide bonds. The highest BCUT2D eigenvalue weighted by molar-refractivity contribution is 5.25. The van der Waals surface area contributed by atoms with Gasteiger partial charge in [-0.05, 0) is 12.0 Å². The van der Waals surface area contributed by atoms with E-state index < -0.39 is 0 Å². The summed E-state index contributed by atoms with van der Waals surface area (Å²) in [4.78, 5) is 9.79. The van der Waals surface area contributed by atoms with E-state index in [4.69, 9.17) is 4.84 Å². The highest BCUT2D eigenvalue weighted by Crippen LogP contribution is 2.37. The van der Waals surface area contributed by atoms with E-state index in [2.05, 4.69) is 33.8 Å². The average molecular weight is 243 g/mol. The molecule has 94 valence electrons. The van der Waals surface area contributed by atoms with E-state index in [-0.39, 0.29) is 5.54 Å². The molecular weight excluding hydrogens is 226 g/mol. The van der Waals surface area contributed by atoms with E-state index in [1.165, 1.54) is 5.56 Å². The Morgan fingerprint density at radius 2 is 2.17 bits per heavy atom. The molecule has 1 aliphatic rings. The lowest BCUT2D eigenvalue weighted by atomic mass is 9.87. The van der Waals surface area contributed by atoms with Gasteiger partial charge in [0.25, 0.3) is 0 Å². The SMILES string of the molecule is CN1OCCC1(Cn1ccnc1)c1ccccc1. The van der Waals surface area contributed by atoms with Gasteiger partial charge in [-0.15, -0.1) is 0 Å². The van der Waals surface area contributed by atoms with Crippen molar-refractivity contribution in [2.75, 3.05) is 13.7 Å². The van der Waals surface area contributed by atoms with Crippen molar-refractivity contribution in [1.29, 1.82) is 0 Å². The third kappa shape index (κ3) is 1.83. The lowest BCUT2D eigenvalue weighted by Crippen LogP contribution is -2.41. The van der Waals surface area contributed by atoms with Crippen LogP contribution in [0.3, 0.4) is 0 Å². The van der Waals surface area contributed by atoms with Gasteiger partial charge in [-0.3, -0.25) is 4.84 Å². The standard InChI is InChI=1S/C14H17N3O/c1-16-14(7-10-18-16,11-17-9-8-15-12-17)13-5-3-2-4-6-13/h2-6,8-9,12H,7,10-11H2,1H3. The van der Waals surface area contributed by atoms with Crippen LogP contribution in [-0.2, 0) is 16.9 Å². The number of aromatic nitrogens is 2. The van der Waals surface area contributed by atoms with Gasteiger partial charge in [0.2, 0.25) is 0 Å². The van der Waals surface area contributed by atoms with Gasteiger partial charge in [0, 0.05) is 26.0 Å². The average Bonchev–Trinajstić information content (AvgIpc) is 3.03. The zero-order valence-corrected chi connectivity index (χ0v) is 10.5. The molecule has 0 aliphatic carbocycles. The normalized spacial score (nSPS) is 24.5. The lowest BCUT2D eigenvalue weighted by Gasteiger charge is -2.34. The summed E-state index contributed by atoms with van der Waals surface area (Å²) in [6.45, 7) is 1.62. The molecule has 1 saturated heterocycles. The van der Waals surface area contributed by atoms with E-state index in [9.17, 15) is 0 Å². The molecule has 1 aliphatic heterocycles. The Hall–Kier alpha value is -1.65. The molecule has 18 heavy (non-hydrogen) atoms. The summed E-state index contributed by atoms with van der Waals surface area (Å²) in [6.07, 6.45) is 6.66. The second-order valence-electron chi connectivity index (χ2n) is 4.71. The fraction of sp³-hybridized carbons (Fsp3) is 0.357. The van der Waals surface area contributed by atoms with Gasteiger partial charge < -0.3 is 4.57 Å². The number of benzene rings is 1. The molecule has 0 bridgehead atoms. The molecular formula is C14H17N3O. The van der Waals surface area contributed by atoms with Crippen LogP contribution in [0.15, 0.2) is 49.1 Å². The van der Waals surface area contributed by atoms with Crippen molar-refractivity contribution in [3.63, 3.8) is 0 Å². The van der Waals surface area contributed by atoms with Crippen LogP contribution >= 0.6 is 0 Å². The Labute approximate surface area is 107 Å². The fourth-order valence-corrected chi connectivity index (χ4v) is 2.66. The van der Waals surface area contributed by atoms with E-state index in [1.54, 1.807) is 0 Å². The van der Waals surface area contributed by atoms with Gasteiger partial charge in [0.15, 0.2) is 0 Å². The molecule has 0 radical (unpaired) electrons. The second kappa shape index (κ2) is 4.55. The molecule has 3 rings (SSSR count). The number of imidazole rings is 1. The Kier molecular flexibility index (Phi) is 2.89. The highest BCUT2D eigenvalue weighted by Gasteiger charge is 2.42. The second-order valence-corrected chi connectivity index (χ2v) is 4.71. The van der Waals surface area contributed by atoms with Gasteiger partial charge in [-0.2, -0.15) is 5.06 Å². The Morgan fingerprint density at radius 1 is 1.33 bits per heavy atom. The predicted octanol–water partition coefficient (Wildman–Crippen LogP) is 2.05. The Morgan fingerprint density at radius 3 is 2.78 bits per heavy atom. The monoisotopic (exact) mass is 243 g/mol. The predicted molar refractivity (Wildman–Crippen MR) is 68.7 cm³/mol. The van der Waals surface area contributed by atoms with Crippen LogP contribution in [-0.4, -0.2) is 28.3 Å². The minimum Gasteiger partial charge on any atom is -0.335 e. The summed E-state index contributed by atoms with van der Waals surface area (Å²) < 4.78 is 2.11. The van der Waals surface area contributed by atoms with E-state index in [0.29, 0.717) is 0 Å². The maximum Gasteiger partial charge on any atom is 0.0946 e. The smallest absolute Gasteiger partial charge is 0.0946 e. The van der Waals surface area contributed by atoms with Crippen LogP contribution in [0.4, 0.5) is 0 Å². The number of nitrogens with zero attached hydrogens (tertiary/aromatic N) is 3. The summed E-state index contributed by atoms with van der Waals surface area (Å²) in [5, 5.41) is 1.99. The van der Waals surface area contributed by atoms with E-state index in [1.807, 2.05) is 36.9 Å². The first-order valence-corrected chi connectivity index (χ1v) is 6.19. The third-order valence-electron chi connectivity index (χ3n) is 3.72. The first-order chi connectivity index (χ1) is 8.81. The highest BCUT2D eigenvalue weighted by atomic mass is 16.7. The van der Waals surface area contributed by atoms with Crippen molar-refractivity contribution in [2.45, 2.75) is 18.5 Å². The molecule has 1 aromatic carbocycles. The molecule has 0 spiro atoms. The van der Waals surface area contributed by atoms with Crippen molar-refractivity contribution in [1.82, 2.24) is 14.6 Å². The molecule has 1 unspecified atom stereocenters. The van der Waals surface area contributed by atoms with E-state index in [0.717, 1.165) is 19.6 Å². The number of rotatable bonds is 3. The van der Waals surface area contributed by atoms with Crippen LogP contribution in [0.25, 0.3) is 0 Å². The molecule has 1 fully saturated rings. The van der Waals surface area contributed by atoms with Crippen molar-refractivity contribution in [3.8, 4) is 0 Å². The largest absolute Gasteiger partial charge is 0.335 e. The molecule has 1 atom stereocenters. The molecule has 4 heteroatoms. The first-order valence-electron chi connectivity index (χ1n) is 6.19. The van der Waals surface area contributed by atoms with Crippen molar-refractivity contribution >= 4 is 0 Å². The minimum absolute atomic E-state index is 0.0953. The van der Waals surface area contributed by atoms with Crippen LogP contribution in [0.1, 0.15) is 12.0 Å². The van der Waals surface area contributed by atoms with Gasteiger partial charge in [0.1, 0.15) is 0 Å². The number of hydrogen-bond acceptors (Lipinski definition) is 3. The molecule has 1 aromatic heterocycles. The van der Waals surface area contributed by atoms with Crippen molar-refractivity contribution in [2.24, 2.45) is 0 Å². The summed E-state index contributed by atoms with van der Waals surface area (Å²) in [5.74, 6) is 0. The zero-order chi connectivity index (χ0) is 12.4. The van der Waals surface area contributed by atoms with Crippen LogP contribution in [0.5, 0.6) is 0 Å². The van der Waals surface area contributed by atoms with Crippen LogP contribution < -0.4 is 0 Å². The number of hydrogen-bond donors (Lipinski definition) is 0. The maximum atomic E-state index is 5.67. The maximum absolute atomic E-state index is 5.67. The van der Waals surface area contributed by atoms with Gasteiger partial charge in [-0.1, -0.05) is 30.3 Å². The van der Waals surface area contributed by atoms with Gasteiger partial charge in [0.05, 0.1) is 18.5 Å². The molecule has 0 saturated carbocycles. The van der Waals surface area contributed by atoms with Gasteiger partial charge in [-0.25, -0.2) is 4.98 Å². The Bertz CT molecular complexity index is 497. The zero-order valence-electron chi connectivity index (χ0n) is 10.5. The summed E-state index contributed by atoms with van der Waals surface area (Å²) >= 11 is 0. The van der Waals surface area contributed by atoms with Crippen molar-refractivity contribution < 1.29 is 4.84 Å². The molecule has 4 nitrogen and oxygen atoms in total. The summed E-state index contributed by atoms with van der Waals surface area (Å²) in [6, 6.07) is 10.5. The molecule has 2 aromatic rings. The van der Waals surface area contributed by atoms with Crippen molar-refractivity contribution in [3.05, 3.63) is 54.6 Å². The third-order valence-corrected chi connectivity index (χ3v) is 3.72. The Balaban J connectivity index is 1.99. The first kappa shape index (κ1) is 11.4. The van der Waals surface area contributed by atoms with Crippen LogP contribution in [0, 0.1) is 0 Å². The molecule has 0 N–H and O–H groups in total. The topological polar surface area (TPSA) is 30.3 Å². The fourth-order valence-electron chi connectivity index (χ4n) is 2.66. The lowest BCUT2D eigenvalue weighted by molar-refractivity contribution is -0.150. The summed E-state index contributed by atoms with van der Waals surface area (Å²) in [7, 11) is 2.01. The summed E-state index contributed by atoms with van der Waals surface area (Å²) in [5.41, 5.74) is 1.20. The number of likely N-dealkylation sites (N-methyl/N-ethyl adjacent to an activating group) is 1. The molecule has 2 heterocycles. The van der Waals surface area contributed by atoms with E-state index >= 15 is 0 Å². The number of hydroxylamine groups is 2.